The molecular formula is C11H12ClNO2. The zero-order chi connectivity index (χ0) is 10.7. The van der Waals surface area contributed by atoms with Gasteiger partial charge < -0.3 is 14.2 Å². The molecule has 0 unspecified atom stereocenters. The lowest BCUT2D eigenvalue weighted by molar-refractivity contribution is 0.407. The average molecular weight is 226 g/mol. The molecule has 0 spiro atoms. The number of furan rings is 2. The molecule has 0 radical (unpaired) electrons. The molecule has 0 saturated carbocycles. The highest BCUT2D eigenvalue weighted by molar-refractivity contribution is 6.28. The number of rotatable bonds is 4. The molecule has 0 aromatic carbocycles. The summed E-state index contributed by atoms with van der Waals surface area (Å²) in [5.41, 5.74) is 0. The van der Waals surface area contributed by atoms with Crippen molar-refractivity contribution in [1.29, 1.82) is 0 Å². The number of nitrogens with one attached hydrogen (secondary N) is 1. The molecule has 2 rings (SSSR count). The predicted octanol–water partition coefficient (Wildman–Crippen LogP) is 3.38. The lowest BCUT2D eigenvalue weighted by Crippen LogP contribution is -2.17. The fourth-order valence-corrected chi connectivity index (χ4v) is 1.50. The molecule has 2 heterocycles. The largest absolute Gasteiger partial charge is 0.468 e. The highest BCUT2D eigenvalue weighted by atomic mass is 35.5. The Hall–Kier alpha value is -1.19. The number of hydrogen-bond acceptors (Lipinski definition) is 3. The Morgan fingerprint density at radius 3 is 2.87 bits per heavy atom. The van der Waals surface area contributed by atoms with E-state index in [0.717, 1.165) is 11.5 Å². The van der Waals surface area contributed by atoms with Gasteiger partial charge in [0.25, 0.3) is 0 Å². The first kappa shape index (κ1) is 10.3. The van der Waals surface area contributed by atoms with Gasteiger partial charge in [0.1, 0.15) is 11.5 Å². The van der Waals surface area contributed by atoms with Gasteiger partial charge in [0.2, 0.25) is 0 Å². The smallest absolute Gasteiger partial charge is 0.193 e. The third-order valence-electron chi connectivity index (χ3n) is 2.18. The minimum absolute atomic E-state index is 0.156. The summed E-state index contributed by atoms with van der Waals surface area (Å²) in [6.07, 6.45) is 1.66. The van der Waals surface area contributed by atoms with Crippen LogP contribution in [0.4, 0.5) is 0 Å². The summed E-state index contributed by atoms with van der Waals surface area (Å²) in [7, 11) is 0. The lowest BCUT2D eigenvalue weighted by Gasteiger charge is -2.09. The van der Waals surface area contributed by atoms with Crippen LogP contribution in [0.25, 0.3) is 0 Å². The summed E-state index contributed by atoms with van der Waals surface area (Å²) in [4.78, 5) is 0. The van der Waals surface area contributed by atoms with Crippen molar-refractivity contribution in [3.05, 3.63) is 47.3 Å². The first-order valence-electron chi connectivity index (χ1n) is 4.76. The minimum atomic E-state index is 0.156. The molecule has 1 atom stereocenters. The van der Waals surface area contributed by atoms with E-state index in [1.165, 1.54) is 0 Å². The van der Waals surface area contributed by atoms with Gasteiger partial charge >= 0.3 is 0 Å². The molecule has 2 aromatic rings. The normalized spacial score (nSPS) is 12.9. The maximum absolute atomic E-state index is 5.66. The van der Waals surface area contributed by atoms with E-state index in [-0.39, 0.29) is 6.04 Å². The van der Waals surface area contributed by atoms with Crippen LogP contribution in [-0.4, -0.2) is 0 Å². The van der Waals surface area contributed by atoms with E-state index in [4.69, 9.17) is 20.4 Å². The van der Waals surface area contributed by atoms with Crippen molar-refractivity contribution in [2.75, 3.05) is 0 Å². The molecule has 4 heteroatoms. The minimum Gasteiger partial charge on any atom is -0.468 e. The number of hydrogen-bond donors (Lipinski definition) is 1. The molecular weight excluding hydrogens is 214 g/mol. The average Bonchev–Trinajstić information content (AvgIpc) is 2.84. The Morgan fingerprint density at radius 2 is 2.27 bits per heavy atom. The monoisotopic (exact) mass is 225 g/mol. The maximum atomic E-state index is 5.66. The van der Waals surface area contributed by atoms with Gasteiger partial charge in [-0.25, -0.2) is 0 Å². The molecule has 80 valence electrons. The first-order chi connectivity index (χ1) is 7.25. The van der Waals surface area contributed by atoms with Crippen molar-refractivity contribution in [3.8, 4) is 0 Å². The van der Waals surface area contributed by atoms with E-state index in [2.05, 4.69) is 5.32 Å². The van der Waals surface area contributed by atoms with Crippen molar-refractivity contribution in [1.82, 2.24) is 5.32 Å². The van der Waals surface area contributed by atoms with Crippen LogP contribution < -0.4 is 5.32 Å². The van der Waals surface area contributed by atoms with Crippen molar-refractivity contribution in [2.45, 2.75) is 19.5 Å². The summed E-state index contributed by atoms with van der Waals surface area (Å²) in [5.74, 6) is 1.73. The van der Waals surface area contributed by atoms with Crippen molar-refractivity contribution in [2.24, 2.45) is 0 Å². The summed E-state index contributed by atoms with van der Waals surface area (Å²) in [5, 5.41) is 3.68. The van der Waals surface area contributed by atoms with Crippen LogP contribution in [0.5, 0.6) is 0 Å². The standard InChI is InChI=1S/C11H12ClNO2/c1-8(10-3-2-6-14-10)13-7-9-4-5-11(12)15-9/h2-6,8,13H,7H2,1H3/t8-/m1/s1. The van der Waals surface area contributed by atoms with Crippen molar-refractivity contribution < 1.29 is 8.83 Å². The molecule has 3 nitrogen and oxygen atoms in total. The van der Waals surface area contributed by atoms with E-state index >= 15 is 0 Å². The van der Waals surface area contributed by atoms with E-state index in [9.17, 15) is 0 Å². The van der Waals surface area contributed by atoms with Crippen LogP contribution in [0.15, 0.2) is 39.4 Å². The molecule has 15 heavy (non-hydrogen) atoms. The summed E-state index contributed by atoms with van der Waals surface area (Å²) < 4.78 is 10.5. The van der Waals surface area contributed by atoms with Crippen LogP contribution >= 0.6 is 11.6 Å². The van der Waals surface area contributed by atoms with Crippen LogP contribution in [0.3, 0.4) is 0 Å². The Labute approximate surface area is 93.0 Å². The third kappa shape index (κ3) is 2.64. The van der Waals surface area contributed by atoms with Crippen LogP contribution in [0.2, 0.25) is 5.22 Å². The predicted molar refractivity (Wildman–Crippen MR) is 57.7 cm³/mol. The molecule has 0 saturated heterocycles. The van der Waals surface area contributed by atoms with Crippen LogP contribution in [0, 0.1) is 0 Å². The summed E-state index contributed by atoms with van der Waals surface area (Å²) in [6, 6.07) is 7.55. The highest BCUT2D eigenvalue weighted by Gasteiger charge is 2.08. The third-order valence-corrected chi connectivity index (χ3v) is 2.38. The number of halogens is 1. The Kier molecular flexibility index (Phi) is 3.14. The van der Waals surface area contributed by atoms with E-state index < -0.39 is 0 Å². The SMILES string of the molecule is C[C@@H](NCc1ccc(Cl)o1)c1ccco1. The summed E-state index contributed by atoms with van der Waals surface area (Å²) >= 11 is 5.66. The second-order valence-corrected chi connectivity index (χ2v) is 3.70. The Balaban J connectivity index is 1.88. The molecule has 0 aliphatic heterocycles. The molecule has 0 aliphatic carbocycles. The lowest BCUT2D eigenvalue weighted by atomic mass is 10.2. The molecule has 1 N–H and O–H groups in total. The topological polar surface area (TPSA) is 38.3 Å². The first-order valence-corrected chi connectivity index (χ1v) is 5.14. The van der Waals surface area contributed by atoms with Gasteiger partial charge in [0, 0.05) is 0 Å². The van der Waals surface area contributed by atoms with Crippen molar-refractivity contribution in [3.63, 3.8) is 0 Å². The van der Waals surface area contributed by atoms with E-state index in [1.54, 1.807) is 12.3 Å². The van der Waals surface area contributed by atoms with Gasteiger partial charge in [-0.3, -0.25) is 0 Å². The fraction of sp³-hybridized carbons (Fsp3) is 0.273. The Morgan fingerprint density at radius 1 is 1.40 bits per heavy atom. The van der Waals surface area contributed by atoms with Gasteiger partial charge in [-0.05, 0) is 42.8 Å². The van der Waals surface area contributed by atoms with Gasteiger partial charge in [0.15, 0.2) is 5.22 Å². The fourth-order valence-electron chi connectivity index (χ4n) is 1.34. The van der Waals surface area contributed by atoms with E-state index in [0.29, 0.717) is 11.8 Å². The van der Waals surface area contributed by atoms with Crippen LogP contribution in [-0.2, 0) is 6.54 Å². The maximum Gasteiger partial charge on any atom is 0.193 e. The molecule has 0 fully saturated rings. The molecule has 0 aliphatic rings. The quantitative estimate of drug-likeness (QED) is 0.867. The van der Waals surface area contributed by atoms with Crippen LogP contribution in [0.1, 0.15) is 24.5 Å². The van der Waals surface area contributed by atoms with Gasteiger partial charge in [-0.1, -0.05) is 0 Å². The van der Waals surface area contributed by atoms with Crippen molar-refractivity contribution >= 4 is 11.6 Å². The van der Waals surface area contributed by atoms with E-state index in [1.807, 2.05) is 25.1 Å². The highest BCUT2D eigenvalue weighted by Crippen LogP contribution is 2.16. The Bertz CT molecular complexity index is 408. The van der Waals surface area contributed by atoms with Gasteiger partial charge in [-0.15, -0.1) is 0 Å². The van der Waals surface area contributed by atoms with Gasteiger partial charge in [0.05, 0.1) is 18.8 Å². The summed E-state index contributed by atoms with van der Waals surface area (Å²) in [6.45, 7) is 2.66. The second kappa shape index (κ2) is 4.55. The second-order valence-electron chi connectivity index (χ2n) is 3.32. The zero-order valence-corrected chi connectivity index (χ0v) is 9.12. The molecule has 2 aromatic heterocycles. The van der Waals surface area contributed by atoms with Gasteiger partial charge in [-0.2, -0.15) is 0 Å². The molecule has 0 bridgehead atoms. The zero-order valence-electron chi connectivity index (χ0n) is 8.37. The molecule has 0 amide bonds.